The topological polar surface area (TPSA) is 83.0 Å². The van der Waals surface area contributed by atoms with Gasteiger partial charge in [-0.2, -0.15) is 4.98 Å². The summed E-state index contributed by atoms with van der Waals surface area (Å²) in [6.45, 7) is 1.85. The van der Waals surface area contributed by atoms with Crippen molar-refractivity contribution in [3.05, 3.63) is 59.2 Å². The van der Waals surface area contributed by atoms with E-state index in [1.165, 1.54) is 0 Å². The second-order valence-electron chi connectivity index (χ2n) is 5.51. The van der Waals surface area contributed by atoms with Gasteiger partial charge in [-0.3, -0.25) is 4.98 Å². The first-order valence-corrected chi connectivity index (χ1v) is 8.64. The third kappa shape index (κ3) is 4.52. The van der Waals surface area contributed by atoms with Crippen molar-refractivity contribution in [2.45, 2.75) is 13.0 Å². The van der Waals surface area contributed by atoms with E-state index in [0.717, 1.165) is 15.9 Å². The highest BCUT2D eigenvalue weighted by Crippen LogP contribution is 2.27. The Morgan fingerprint density at radius 1 is 1.08 bits per heavy atom. The lowest BCUT2D eigenvalue weighted by atomic mass is 10.2. The number of aliphatic hydroxyl groups is 1. The lowest BCUT2D eigenvalue weighted by molar-refractivity contribution is 0.281. The summed E-state index contributed by atoms with van der Waals surface area (Å²) in [5, 5.41) is 15.6. The average molecular weight is 400 g/mol. The van der Waals surface area contributed by atoms with Crippen LogP contribution in [0.5, 0.6) is 0 Å². The normalized spacial score (nSPS) is 11.8. The maximum atomic E-state index is 9.27. The van der Waals surface area contributed by atoms with Crippen LogP contribution in [0.25, 0.3) is 11.4 Å². The van der Waals surface area contributed by atoms with Crippen LogP contribution in [-0.2, 0) is 0 Å². The Hall–Kier alpha value is -2.51. The Labute approximate surface area is 154 Å². The highest BCUT2D eigenvalue weighted by Gasteiger charge is 2.10. The van der Waals surface area contributed by atoms with E-state index in [1.807, 2.05) is 55.5 Å². The highest BCUT2D eigenvalue weighted by atomic mass is 79.9. The molecule has 0 aliphatic heterocycles. The Morgan fingerprint density at radius 3 is 2.60 bits per heavy atom. The maximum Gasteiger partial charge on any atom is 0.225 e. The molecule has 0 fully saturated rings. The van der Waals surface area contributed by atoms with Crippen LogP contribution < -0.4 is 10.6 Å². The van der Waals surface area contributed by atoms with Gasteiger partial charge in [-0.15, -0.1) is 0 Å². The predicted molar refractivity (Wildman–Crippen MR) is 103 cm³/mol. The van der Waals surface area contributed by atoms with Gasteiger partial charge in [0.05, 0.1) is 23.7 Å². The lowest BCUT2D eigenvalue weighted by Crippen LogP contribution is -2.21. The fourth-order valence-electron chi connectivity index (χ4n) is 2.19. The summed E-state index contributed by atoms with van der Waals surface area (Å²) in [5.41, 5.74) is 2.34. The molecule has 25 heavy (non-hydrogen) atoms. The molecular formula is C18H18BrN5O. The number of nitrogens with one attached hydrogen (secondary N) is 2. The summed E-state index contributed by atoms with van der Waals surface area (Å²) in [6.07, 6.45) is 1.72. The SMILES string of the molecule is C[C@H](CO)Nc1nc(Nc2ccccc2Br)cc(-c2ccccn2)n1. The van der Waals surface area contributed by atoms with E-state index < -0.39 is 0 Å². The number of nitrogens with zero attached hydrogens (tertiary/aromatic N) is 3. The molecule has 0 amide bonds. The van der Waals surface area contributed by atoms with E-state index in [1.54, 1.807) is 6.20 Å². The van der Waals surface area contributed by atoms with Crippen LogP contribution >= 0.6 is 15.9 Å². The van der Waals surface area contributed by atoms with Crippen LogP contribution in [0.15, 0.2) is 59.2 Å². The van der Waals surface area contributed by atoms with Crippen LogP contribution in [0.3, 0.4) is 0 Å². The van der Waals surface area contributed by atoms with E-state index in [4.69, 9.17) is 0 Å². The predicted octanol–water partition coefficient (Wildman–Crippen LogP) is 3.84. The molecule has 3 aromatic rings. The van der Waals surface area contributed by atoms with Gasteiger partial charge in [0.25, 0.3) is 0 Å². The molecule has 0 radical (unpaired) electrons. The van der Waals surface area contributed by atoms with Gasteiger partial charge in [0.1, 0.15) is 5.82 Å². The molecule has 2 heterocycles. The fraction of sp³-hybridized carbons (Fsp3) is 0.167. The van der Waals surface area contributed by atoms with Crippen molar-refractivity contribution in [1.82, 2.24) is 15.0 Å². The molecule has 0 aliphatic carbocycles. The number of hydrogen-bond donors (Lipinski definition) is 3. The number of hydrogen-bond acceptors (Lipinski definition) is 6. The number of pyridine rings is 1. The Bertz CT molecular complexity index is 844. The van der Waals surface area contributed by atoms with Gasteiger partial charge in [0.2, 0.25) is 5.95 Å². The standard InChI is InChI=1S/C18H18BrN5O/c1-12(11-25)21-18-23-16(15-8-4-5-9-20-15)10-17(24-18)22-14-7-3-2-6-13(14)19/h2-10,12,25H,11H2,1H3,(H2,21,22,23,24)/t12-/m1/s1. The van der Waals surface area contributed by atoms with E-state index in [2.05, 4.69) is 41.5 Å². The molecular weight excluding hydrogens is 382 g/mol. The smallest absolute Gasteiger partial charge is 0.225 e. The Morgan fingerprint density at radius 2 is 1.88 bits per heavy atom. The van der Waals surface area contributed by atoms with E-state index in [9.17, 15) is 5.11 Å². The van der Waals surface area contributed by atoms with E-state index in [-0.39, 0.29) is 12.6 Å². The molecule has 0 saturated carbocycles. The number of benzene rings is 1. The summed E-state index contributed by atoms with van der Waals surface area (Å²) in [7, 11) is 0. The quantitative estimate of drug-likeness (QED) is 0.583. The van der Waals surface area contributed by atoms with Crippen LogP contribution in [-0.4, -0.2) is 32.7 Å². The molecule has 1 aromatic carbocycles. The van der Waals surface area contributed by atoms with Crippen molar-refractivity contribution in [3.8, 4) is 11.4 Å². The van der Waals surface area contributed by atoms with Crippen molar-refractivity contribution in [2.75, 3.05) is 17.2 Å². The highest BCUT2D eigenvalue weighted by molar-refractivity contribution is 9.10. The molecule has 2 aromatic heterocycles. The largest absolute Gasteiger partial charge is 0.394 e. The zero-order valence-electron chi connectivity index (χ0n) is 13.6. The summed E-state index contributed by atoms with van der Waals surface area (Å²) in [5.74, 6) is 1.06. The zero-order valence-corrected chi connectivity index (χ0v) is 15.2. The minimum atomic E-state index is -0.157. The van der Waals surface area contributed by atoms with Crippen molar-refractivity contribution in [2.24, 2.45) is 0 Å². The average Bonchev–Trinajstić information content (AvgIpc) is 2.64. The first-order valence-electron chi connectivity index (χ1n) is 7.85. The molecule has 0 aliphatic rings. The summed E-state index contributed by atoms with van der Waals surface area (Å²) in [6, 6.07) is 15.2. The number of halogens is 1. The number of para-hydroxylation sites is 1. The van der Waals surface area contributed by atoms with Gasteiger partial charge in [-0.1, -0.05) is 18.2 Å². The maximum absolute atomic E-state index is 9.27. The lowest BCUT2D eigenvalue weighted by Gasteiger charge is -2.14. The van der Waals surface area contributed by atoms with Crippen molar-refractivity contribution >= 4 is 33.4 Å². The zero-order chi connectivity index (χ0) is 17.6. The monoisotopic (exact) mass is 399 g/mol. The number of rotatable bonds is 6. The molecule has 3 N–H and O–H groups in total. The second kappa shape index (κ2) is 8.04. The van der Waals surface area contributed by atoms with Crippen LogP contribution in [0.2, 0.25) is 0 Å². The summed E-state index contributed by atoms with van der Waals surface area (Å²) >= 11 is 3.52. The molecule has 0 spiro atoms. The molecule has 0 bridgehead atoms. The molecule has 128 valence electrons. The van der Waals surface area contributed by atoms with Crippen molar-refractivity contribution in [3.63, 3.8) is 0 Å². The van der Waals surface area contributed by atoms with Crippen LogP contribution in [0.1, 0.15) is 6.92 Å². The molecule has 3 rings (SSSR count). The Balaban J connectivity index is 1.99. The van der Waals surface area contributed by atoms with Gasteiger partial charge in [0, 0.05) is 22.8 Å². The van der Waals surface area contributed by atoms with Gasteiger partial charge in [-0.05, 0) is 47.1 Å². The first kappa shape index (κ1) is 17.3. The van der Waals surface area contributed by atoms with E-state index >= 15 is 0 Å². The number of aromatic nitrogens is 3. The van der Waals surface area contributed by atoms with Crippen LogP contribution in [0.4, 0.5) is 17.5 Å². The fourth-order valence-corrected chi connectivity index (χ4v) is 2.57. The molecule has 7 heteroatoms. The third-order valence-corrected chi connectivity index (χ3v) is 4.13. The van der Waals surface area contributed by atoms with Gasteiger partial charge in [0.15, 0.2) is 0 Å². The molecule has 0 unspecified atom stereocenters. The third-order valence-electron chi connectivity index (χ3n) is 3.44. The minimum Gasteiger partial charge on any atom is -0.394 e. The van der Waals surface area contributed by atoms with Crippen LogP contribution in [0, 0.1) is 0 Å². The number of anilines is 3. The van der Waals surface area contributed by atoms with Gasteiger partial charge in [-0.25, -0.2) is 4.98 Å². The molecule has 1 atom stereocenters. The van der Waals surface area contributed by atoms with Crippen molar-refractivity contribution in [1.29, 1.82) is 0 Å². The summed E-state index contributed by atoms with van der Waals surface area (Å²) in [4.78, 5) is 13.3. The second-order valence-corrected chi connectivity index (χ2v) is 6.36. The van der Waals surface area contributed by atoms with Gasteiger partial charge >= 0.3 is 0 Å². The minimum absolute atomic E-state index is 0.00975. The van der Waals surface area contributed by atoms with Gasteiger partial charge < -0.3 is 15.7 Å². The van der Waals surface area contributed by atoms with Crippen molar-refractivity contribution < 1.29 is 5.11 Å². The molecule has 6 nitrogen and oxygen atoms in total. The van der Waals surface area contributed by atoms with E-state index in [0.29, 0.717) is 17.5 Å². The molecule has 0 saturated heterocycles. The summed E-state index contributed by atoms with van der Waals surface area (Å²) < 4.78 is 0.936. The number of aliphatic hydroxyl groups excluding tert-OH is 1. The Kier molecular flexibility index (Phi) is 5.57. The first-order chi connectivity index (χ1) is 12.2.